The number of nitrogens with zero attached hydrogens (tertiary/aromatic N) is 1. The lowest BCUT2D eigenvalue weighted by Gasteiger charge is -2.23. The van der Waals surface area contributed by atoms with Gasteiger partial charge in [-0.05, 0) is 54.4 Å². The summed E-state index contributed by atoms with van der Waals surface area (Å²) in [5, 5.41) is 2.81. The second kappa shape index (κ2) is 10.9. The minimum Gasteiger partial charge on any atom is -0.493 e. The molecule has 1 amide bonds. The van der Waals surface area contributed by atoms with Crippen LogP contribution in [0.5, 0.6) is 11.5 Å². The Bertz CT molecular complexity index is 1190. The van der Waals surface area contributed by atoms with Gasteiger partial charge in [-0.1, -0.05) is 36.4 Å². The van der Waals surface area contributed by atoms with E-state index in [0.29, 0.717) is 35.9 Å². The molecule has 0 saturated heterocycles. The number of amides is 1. The Morgan fingerprint density at radius 1 is 0.970 bits per heavy atom. The molecule has 3 aromatic carbocycles. The lowest BCUT2D eigenvalue weighted by Crippen LogP contribution is -2.29. The van der Waals surface area contributed by atoms with Crippen LogP contribution in [0.15, 0.2) is 72.8 Å². The van der Waals surface area contributed by atoms with Gasteiger partial charge in [-0.15, -0.1) is 0 Å². The molecule has 3 rings (SSSR count). The van der Waals surface area contributed by atoms with Crippen LogP contribution < -0.4 is 19.1 Å². The highest BCUT2D eigenvalue weighted by atomic mass is 32.2. The Labute approximate surface area is 195 Å². The van der Waals surface area contributed by atoms with Crippen molar-refractivity contribution in [3.63, 3.8) is 0 Å². The molecule has 0 heterocycles. The Morgan fingerprint density at radius 2 is 1.67 bits per heavy atom. The average molecular weight is 469 g/mol. The van der Waals surface area contributed by atoms with Crippen molar-refractivity contribution in [1.29, 1.82) is 0 Å². The van der Waals surface area contributed by atoms with E-state index in [1.165, 1.54) is 10.6 Å². The lowest BCUT2D eigenvalue weighted by atomic mass is 10.1. The summed E-state index contributed by atoms with van der Waals surface area (Å²) in [5.74, 6) is 1.01. The molecule has 0 atom stereocenters. The number of benzene rings is 3. The molecule has 0 bridgehead atoms. The van der Waals surface area contributed by atoms with Crippen molar-refractivity contribution in [1.82, 2.24) is 5.32 Å². The minimum absolute atomic E-state index is 0.178. The molecule has 0 radical (unpaired) electrons. The third-order valence-corrected chi connectivity index (χ3v) is 6.09. The number of methoxy groups -OCH3 is 1. The second-order valence-corrected chi connectivity index (χ2v) is 9.47. The van der Waals surface area contributed by atoms with Crippen LogP contribution in [0.4, 0.5) is 5.69 Å². The molecular formula is C25H28N2O5S. The molecular weight excluding hydrogens is 440 g/mol. The highest BCUT2D eigenvalue weighted by Gasteiger charge is 2.18. The van der Waals surface area contributed by atoms with E-state index in [4.69, 9.17) is 9.47 Å². The lowest BCUT2D eigenvalue weighted by molar-refractivity contribution is 0.0947. The summed E-state index contributed by atoms with van der Waals surface area (Å²) in [6.45, 7) is 2.72. The molecule has 174 valence electrons. The number of aryl methyl sites for hydroxylation is 1. The summed E-state index contributed by atoms with van der Waals surface area (Å²) in [7, 11) is -1.90. The maximum absolute atomic E-state index is 12.4. The van der Waals surface area contributed by atoms with Gasteiger partial charge in [0.15, 0.2) is 11.5 Å². The van der Waals surface area contributed by atoms with Crippen LogP contribution >= 0.6 is 0 Å². The van der Waals surface area contributed by atoms with Crippen LogP contribution in [0.1, 0.15) is 21.5 Å². The number of sulfonamides is 1. The topological polar surface area (TPSA) is 84.9 Å². The van der Waals surface area contributed by atoms with E-state index in [2.05, 4.69) is 5.32 Å². The van der Waals surface area contributed by atoms with Crippen molar-refractivity contribution in [3.05, 3.63) is 89.5 Å². The van der Waals surface area contributed by atoms with Crippen LogP contribution in [0.2, 0.25) is 0 Å². The third-order valence-electron chi connectivity index (χ3n) is 4.95. The largest absolute Gasteiger partial charge is 0.493 e. The van der Waals surface area contributed by atoms with Crippen LogP contribution in [-0.4, -0.2) is 40.8 Å². The van der Waals surface area contributed by atoms with Gasteiger partial charge in [-0.25, -0.2) is 8.42 Å². The summed E-state index contributed by atoms with van der Waals surface area (Å²) in [6, 6.07) is 21.5. The molecule has 0 aromatic heterocycles. The van der Waals surface area contributed by atoms with E-state index < -0.39 is 10.0 Å². The molecule has 0 spiro atoms. The monoisotopic (exact) mass is 468 g/mol. The van der Waals surface area contributed by atoms with E-state index in [0.717, 1.165) is 11.1 Å². The van der Waals surface area contributed by atoms with E-state index in [9.17, 15) is 13.2 Å². The molecule has 0 fully saturated rings. The molecule has 33 heavy (non-hydrogen) atoms. The molecule has 8 heteroatoms. The molecule has 7 nitrogen and oxygen atoms in total. The van der Waals surface area contributed by atoms with Crippen molar-refractivity contribution < 1.29 is 22.7 Å². The number of carbonyl (C=O) groups is 1. The van der Waals surface area contributed by atoms with Crippen molar-refractivity contribution in [2.75, 3.05) is 30.8 Å². The first kappa shape index (κ1) is 24.1. The number of carbonyl (C=O) groups excluding carboxylic acids is 1. The summed E-state index contributed by atoms with van der Waals surface area (Å²) >= 11 is 0. The Morgan fingerprint density at radius 3 is 2.30 bits per heavy atom. The summed E-state index contributed by atoms with van der Waals surface area (Å²) in [6.07, 6.45) is 1.18. The highest BCUT2D eigenvalue weighted by Crippen LogP contribution is 2.25. The van der Waals surface area contributed by atoms with Gasteiger partial charge in [0, 0.05) is 5.56 Å². The second-order valence-electron chi connectivity index (χ2n) is 7.56. The van der Waals surface area contributed by atoms with Crippen molar-refractivity contribution in [2.24, 2.45) is 0 Å². The standard InChI is InChI=1S/C25H28N2O5S/c1-19-7-6-8-22(17-19)27(33(3,29)30)18-20-11-13-21(14-12-20)25(28)26-15-16-32-24-10-5-4-9-23(24)31-2/h4-14,17H,15-16,18H2,1-3H3,(H,26,28). The van der Waals surface area contributed by atoms with Gasteiger partial charge < -0.3 is 14.8 Å². The first-order valence-electron chi connectivity index (χ1n) is 10.5. The maximum atomic E-state index is 12.4. The van der Waals surface area contributed by atoms with Gasteiger partial charge in [0.2, 0.25) is 10.0 Å². The Hall–Kier alpha value is -3.52. The van der Waals surface area contributed by atoms with Gasteiger partial charge >= 0.3 is 0 Å². The molecule has 0 aliphatic heterocycles. The van der Waals surface area contributed by atoms with E-state index >= 15 is 0 Å². The smallest absolute Gasteiger partial charge is 0.251 e. The first-order chi connectivity index (χ1) is 15.8. The zero-order chi connectivity index (χ0) is 23.8. The van der Waals surface area contributed by atoms with Gasteiger partial charge in [0.1, 0.15) is 6.61 Å². The molecule has 3 aromatic rings. The highest BCUT2D eigenvalue weighted by molar-refractivity contribution is 7.92. The normalized spacial score (nSPS) is 11.0. The predicted octanol–water partition coefficient (Wildman–Crippen LogP) is 3.78. The van der Waals surface area contributed by atoms with Crippen LogP contribution in [0.3, 0.4) is 0 Å². The van der Waals surface area contributed by atoms with E-state index in [1.807, 2.05) is 37.3 Å². The van der Waals surface area contributed by atoms with Gasteiger partial charge in [-0.3, -0.25) is 9.10 Å². The molecule has 0 aliphatic rings. The maximum Gasteiger partial charge on any atom is 0.251 e. The fourth-order valence-corrected chi connectivity index (χ4v) is 4.16. The Balaban J connectivity index is 1.58. The van der Waals surface area contributed by atoms with Crippen LogP contribution in [0, 0.1) is 6.92 Å². The quantitative estimate of drug-likeness (QED) is 0.458. The fraction of sp³-hybridized carbons (Fsp3) is 0.240. The van der Waals surface area contributed by atoms with E-state index in [1.54, 1.807) is 49.6 Å². The van der Waals surface area contributed by atoms with Gasteiger partial charge in [-0.2, -0.15) is 0 Å². The van der Waals surface area contributed by atoms with Crippen LogP contribution in [-0.2, 0) is 16.6 Å². The van der Waals surface area contributed by atoms with Crippen molar-refractivity contribution in [2.45, 2.75) is 13.5 Å². The molecule has 0 aliphatic carbocycles. The number of nitrogens with one attached hydrogen (secondary N) is 1. The molecule has 1 N–H and O–H groups in total. The number of ether oxygens (including phenoxy) is 2. The molecule has 0 saturated carbocycles. The zero-order valence-electron chi connectivity index (χ0n) is 18.9. The van der Waals surface area contributed by atoms with Crippen molar-refractivity contribution in [3.8, 4) is 11.5 Å². The first-order valence-corrected chi connectivity index (χ1v) is 12.3. The number of para-hydroxylation sites is 2. The van der Waals surface area contributed by atoms with Crippen LogP contribution in [0.25, 0.3) is 0 Å². The number of hydrogen-bond donors (Lipinski definition) is 1. The predicted molar refractivity (Wildman–Crippen MR) is 129 cm³/mol. The van der Waals surface area contributed by atoms with Crippen molar-refractivity contribution >= 4 is 21.6 Å². The third kappa shape index (κ3) is 6.73. The van der Waals surface area contributed by atoms with Gasteiger partial charge in [0.05, 0.1) is 32.1 Å². The zero-order valence-corrected chi connectivity index (χ0v) is 19.8. The number of anilines is 1. The summed E-state index contributed by atoms with van der Waals surface area (Å²) < 4.78 is 37.0. The number of rotatable bonds is 10. The summed E-state index contributed by atoms with van der Waals surface area (Å²) in [4.78, 5) is 12.4. The van der Waals surface area contributed by atoms with Gasteiger partial charge in [0.25, 0.3) is 5.91 Å². The summed E-state index contributed by atoms with van der Waals surface area (Å²) in [5.41, 5.74) is 2.84. The Kier molecular flexibility index (Phi) is 7.95. The average Bonchev–Trinajstić information content (AvgIpc) is 2.80. The molecule has 0 unspecified atom stereocenters. The fourth-order valence-electron chi connectivity index (χ4n) is 3.28. The minimum atomic E-state index is -3.47. The SMILES string of the molecule is COc1ccccc1OCCNC(=O)c1ccc(CN(c2cccc(C)c2)S(C)(=O)=O)cc1. The number of hydrogen-bond acceptors (Lipinski definition) is 5. The van der Waals surface area contributed by atoms with E-state index in [-0.39, 0.29) is 12.5 Å².